The summed E-state index contributed by atoms with van der Waals surface area (Å²) < 4.78 is 0. The first-order valence-corrected chi connectivity index (χ1v) is 9.13. The molecule has 22 heavy (non-hydrogen) atoms. The number of likely N-dealkylation sites (tertiary alicyclic amines) is 2. The van der Waals surface area contributed by atoms with Gasteiger partial charge in [-0.15, -0.1) is 0 Å². The lowest BCUT2D eigenvalue weighted by Crippen LogP contribution is -2.43. The average Bonchev–Trinajstić information content (AvgIpc) is 2.56. The van der Waals surface area contributed by atoms with Gasteiger partial charge in [0.25, 0.3) is 0 Å². The molecule has 2 rings (SSSR count). The highest BCUT2D eigenvalue weighted by atomic mass is 15.2. The second-order valence-electron chi connectivity index (χ2n) is 6.86. The lowest BCUT2D eigenvalue weighted by Gasteiger charge is -2.29. The summed E-state index contributed by atoms with van der Waals surface area (Å²) in [6, 6.07) is 0. The second-order valence-corrected chi connectivity index (χ2v) is 6.86. The van der Waals surface area contributed by atoms with Crippen LogP contribution in [0.4, 0.5) is 0 Å². The third kappa shape index (κ3) is 6.53. The van der Waals surface area contributed by atoms with Gasteiger partial charge in [0.05, 0.1) is 0 Å². The van der Waals surface area contributed by atoms with Gasteiger partial charge in [0.1, 0.15) is 0 Å². The van der Waals surface area contributed by atoms with Crippen molar-refractivity contribution in [3.05, 3.63) is 0 Å². The summed E-state index contributed by atoms with van der Waals surface area (Å²) in [6.45, 7) is 8.22. The van der Waals surface area contributed by atoms with E-state index in [0.29, 0.717) is 0 Å². The Labute approximate surface area is 136 Å². The first-order chi connectivity index (χ1) is 10.8. The molecule has 0 aromatic carbocycles. The second kappa shape index (κ2) is 10.1. The van der Waals surface area contributed by atoms with Crippen molar-refractivity contribution >= 4 is 5.96 Å². The third-order valence-electron chi connectivity index (χ3n) is 5.08. The summed E-state index contributed by atoms with van der Waals surface area (Å²) in [5.74, 6) is 1.85. The van der Waals surface area contributed by atoms with E-state index >= 15 is 0 Å². The van der Waals surface area contributed by atoms with E-state index in [2.05, 4.69) is 32.5 Å². The van der Waals surface area contributed by atoms with Crippen LogP contribution in [-0.2, 0) is 0 Å². The van der Waals surface area contributed by atoms with Crippen molar-refractivity contribution in [2.75, 3.05) is 59.9 Å². The lowest BCUT2D eigenvalue weighted by molar-refractivity contribution is 0.213. The van der Waals surface area contributed by atoms with Crippen LogP contribution >= 0.6 is 0 Å². The maximum Gasteiger partial charge on any atom is 0.191 e. The number of hydrogen-bond donors (Lipinski definition) is 2. The van der Waals surface area contributed by atoms with Crippen molar-refractivity contribution in [1.29, 1.82) is 0 Å². The Balaban J connectivity index is 1.53. The molecule has 2 heterocycles. The topological polar surface area (TPSA) is 42.9 Å². The van der Waals surface area contributed by atoms with Crippen LogP contribution in [0, 0.1) is 5.92 Å². The molecule has 0 saturated carbocycles. The van der Waals surface area contributed by atoms with Crippen LogP contribution in [0.15, 0.2) is 4.99 Å². The van der Waals surface area contributed by atoms with E-state index in [9.17, 15) is 0 Å². The SMILES string of the molecule is CN=C(NCCC1CCN(C)CC1)NCCN1CCCCC1. The van der Waals surface area contributed by atoms with Crippen molar-refractivity contribution < 1.29 is 0 Å². The van der Waals surface area contributed by atoms with Crippen molar-refractivity contribution in [1.82, 2.24) is 20.4 Å². The van der Waals surface area contributed by atoms with E-state index in [1.165, 1.54) is 64.7 Å². The van der Waals surface area contributed by atoms with Gasteiger partial charge in [0.2, 0.25) is 0 Å². The molecule has 0 spiro atoms. The predicted octanol–water partition coefficient (Wildman–Crippen LogP) is 1.37. The van der Waals surface area contributed by atoms with Crippen LogP contribution in [0.3, 0.4) is 0 Å². The zero-order valence-electron chi connectivity index (χ0n) is 14.6. The van der Waals surface area contributed by atoms with E-state index in [0.717, 1.165) is 31.5 Å². The molecular weight excluding hydrogens is 274 g/mol. The Bertz CT molecular complexity index is 317. The van der Waals surface area contributed by atoms with E-state index in [-0.39, 0.29) is 0 Å². The van der Waals surface area contributed by atoms with Crippen molar-refractivity contribution in [2.45, 2.75) is 38.5 Å². The van der Waals surface area contributed by atoms with Gasteiger partial charge < -0.3 is 20.4 Å². The fourth-order valence-electron chi connectivity index (χ4n) is 3.48. The first kappa shape index (κ1) is 17.5. The number of rotatable bonds is 6. The standard InChI is InChI=1S/C17H35N5/c1-18-17(20-10-15-22-11-4-3-5-12-22)19-9-6-16-7-13-21(2)14-8-16/h16H,3-15H2,1-2H3,(H2,18,19,20). The molecular formula is C17H35N5. The Kier molecular flexibility index (Phi) is 8.02. The molecule has 2 aliphatic rings. The number of nitrogens with one attached hydrogen (secondary N) is 2. The molecule has 0 radical (unpaired) electrons. The van der Waals surface area contributed by atoms with E-state index in [1.807, 2.05) is 7.05 Å². The average molecular weight is 310 g/mol. The van der Waals surface area contributed by atoms with Gasteiger partial charge >= 0.3 is 0 Å². The van der Waals surface area contributed by atoms with Crippen LogP contribution in [0.1, 0.15) is 38.5 Å². The molecule has 2 aliphatic heterocycles. The first-order valence-electron chi connectivity index (χ1n) is 9.13. The quantitative estimate of drug-likeness (QED) is 0.574. The van der Waals surface area contributed by atoms with Crippen molar-refractivity contribution in [3.8, 4) is 0 Å². The largest absolute Gasteiger partial charge is 0.356 e. The molecule has 128 valence electrons. The van der Waals surface area contributed by atoms with E-state index < -0.39 is 0 Å². The number of nitrogens with zero attached hydrogens (tertiary/aromatic N) is 3. The summed E-state index contributed by atoms with van der Waals surface area (Å²) in [7, 11) is 4.09. The summed E-state index contributed by atoms with van der Waals surface area (Å²) in [4.78, 5) is 9.33. The highest BCUT2D eigenvalue weighted by molar-refractivity contribution is 5.79. The minimum atomic E-state index is 0.884. The normalized spacial score (nSPS) is 22.7. The molecule has 0 bridgehead atoms. The Morgan fingerprint density at radius 2 is 1.68 bits per heavy atom. The van der Waals surface area contributed by atoms with Gasteiger partial charge in [-0.3, -0.25) is 4.99 Å². The predicted molar refractivity (Wildman–Crippen MR) is 94.5 cm³/mol. The molecule has 2 fully saturated rings. The summed E-state index contributed by atoms with van der Waals surface area (Å²) in [5.41, 5.74) is 0. The van der Waals surface area contributed by atoms with Gasteiger partial charge in [0.15, 0.2) is 5.96 Å². The molecule has 2 saturated heterocycles. The summed E-state index contributed by atoms with van der Waals surface area (Å²) >= 11 is 0. The molecule has 2 N–H and O–H groups in total. The van der Waals surface area contributed by atoms with Crippen LogP contribution in [0.5, 0.6) is 0 Å². The number of aliphatic imine (C=N–C) groups is 1. The summed E-state index contributed by atoms with van der Waals surface area (Å²) in [5, 5.41) is 6.92. The van der Waals surface area contributed by atoms with E-state index in [4.69, 9.17) is 0 Å². The van der Waals surface area contributed by atoms with Crippen molar-refractivity contribution in [2.24, 2.45) is 10.9 Å². The third-order valence-corrected chi connectivity index (χ3v) is 5.08. The number of hydrogen-bond acceptors (Lipinski definition) is 3. The lowest BCUT2D eigenvalue weighted by atomic mass is 9.94. The van der Waals surface area contributed by atoms with Gasteiger partial charge in [-0.05, 0) is 71.2 Å². The maximum atomic E-state index is 4.33. The smallest absolute Gasteiger partial charge is 0.191 e. The zero-order valence-corrected chi connectivity index (χ0v) is 14.6. The zero-order chi connectivity index (χ0) is 15.6. The van der Waals surface area contributed by atoms with Crippen molar-refractivity contribution in [3.63, 3.8) is 0 Å². The fourth-order valence-corrected chi connectivity index (χ4v) is 3.48. The van der Waals surface area contributed by atoms with Gasteiger partial charge in [0, 0.05) is 26.7 Å². The maximum absolute atomic E-state index is 4.33. The van der Waals surface area contributed by atoms with E-state index in [1.54, 1.807) is 0 Å². The Hall–Kier alpha value is -0.810. The molecule has 5 heteroatoms. The van der Waals surface area contributed by atoms with Crippen LogP contribution < -0.4 is 10.6 Å². The number of guanidine groups is 1. The number of piperidine rings is 2. The monoisotopic (exact) mass is 309 g/mol. The Morgan fingerprint density at radius 3 is 2.36 bits per heavy atom. The highest BCUT2D eigenvalue weighted by Crippen LogP contribution is 2.18. The molecule has 0 atom stereocenters. The molecule has 5 nitrogen and oxygen atoms in total. The fraction of sp³-hybridized carbons (Fsp3) is 0.941. The summed E-state index contributed by atoms with van der Waals surface area (Å²) in [6.07, 6.45) is 8.09. The van der Waals surface area contributed by atoms with Gasteiger partial charge in [-0.25, -0.2) is 0 Å². The molecule has 0 amide bonds. The molecule has 0 aromatic heterocycles. The highest BCUT2D eigenvalue weighted by Gasteiger charge is 2.16. The molecule has 0 aliphatic carbocycles. The molecule has 0 aromatic rings. The van der Waals surface area contributed by atoms with Crippen LogP contribution in [-0.4, -0.2) is 75.7 Å². The minimum Gasteiger partial charge on any atom is -0.356 e. The van der Waals surface area contributed by atoms with Gasteiger partial charge in [-0.2, -0.15) is 0 Å². The Morgan fingerprint density at radius 1 is 1.00 bits per heavy atom. The molecule has 0 unspecified atom stereocenters. The minimum absolute atomic E-state index is 0.884. The van der Waals surface area contributed by atoms with Crippen LogP contribution in [0.25, 0.3) is 0 Å². The van der Waals surface area contributed by atoms with Gasteiger partial charge in [-0.1, -0.05) is 6.42 Å². The van der Waals surface area contributed by atoms with Crippen LogP contribution in [0.2, 0.25) is 0 Å².